The molecule has 0 bridgehead atoms. The van der Waals surface area contributed by atoms with Crippen LogP contribution in [0.25, 0.3) is 0 Å². The second-order valence-electron chi connectivity index (χ2n) is 8.93. The first kappa shape index (κ1) is 29.0. The Morgan fingerprint density at radius 2 is 1.58 bits per heavy atom. The lowest BCUT2D eigenvalue weighted by atomic mass is 9.97. The predicted octanol–water partition coefficient (Wildman–Crippen LogP) is -0.329. The number of esters is 5. The summed E-state index contributed by atoms with van der Waals surface area (Å²) in [6, 6.07) is -0.407. The van der Waals surface area contributed by atoms with E-state index in [9.17, 15) is 24.0 Å². The van der Waals surface area contributed by atoms with Crippen LogP contribution in [0, 0.1) is 0 Å². The quantitative estimate of drug-likeness (QED) is 0.294. The van der Waals surface area contributed by atoms with Gasteiger partial charge in [-0.2, -0.15) is 0 Å². The van der Waals surface area contributed by atoms with Crippen molar-refractivity contribution >= 4 is 29.8 Å². The molecule has 3 rings (SSSR count). The maximum absolute atomic E-state index is 12.1. The number of carbonyl (C=O) groups is 5. The summed E-state index contributed by atoms with van der Waals surface area (Å²) < 4.78 is 33.6. The predicted molar refractivity (Wildman–Crippen MR) is 123 cm³/mol. The van der Waals surface area contributed by atoms with Crippen molar-refractivity contribution in [3.8, 4) is 0 Å². The Morgan fingerprint density at radius 1 is 0.947 bits per heavy atom. The van der Waals surface area contributed by atoms with Crippen LogP contribution in [-0.4, -0.2) is 100 Å². The minimum Gasteiger partial charge on any atom is -0.468 e. The summed E-state index contributed by atoms with van der Waals surface area (Å²) in [5, 5.41) is 8.27. The Hall–Kier alpha value is -3.59. The van der Waals surface area contributed by atoms with Crippen LogP contribution < -0.4 is 0 Å². The van der Waals surface area contributed by atoms with Crippen molar-refractivity contribution in [3.63, 3.8) is 0 Å². The van der Waals surface area contributed by atoms with Crippen LogP contribution in [0.4, 0.5) is 0 Å². The van der Waals surface area contributed by atoms with Crippen molar-refractivity contribution in [2.24, 2.45) is 0 Å². The number of hydrogen-bond donors (Lipinski definition) is 0. The zero-order valence-corrected chi connectivity index (χ0v) is 21.9. The number of ether oxygens (including phenoxy) is 6. The van der Waals surface area contributed by atoms with E-state index in [4.69, 9.17) is 28.4 Å². The number of carbonyl (C=O) groups excluding carboxylic acids is 5. The molecule has 2 aliphatic rings. The van der Waals surface area contributed by atoms with Gasteiger partial charge >= 0.3 is 29.8 Å². The SMILES string of the molecule is COC(=O)[C@H]1CCCN1Cc1cn([C@@H]2O[C@H](COC(C)=O)[C@@H](OC(C)=O)[C@H](OC(C)=O)[C@H]2OC(C)=O)nn1. The van der Waals surface area contributed by atoms with E-state index in [-0.39, 0.29) is 19.1 Å². The lowest BCUT2D eigenvalue weighted by Crippen LogP contribution is -2.60. The molecule has 15 nitrogen and oxygen atoms in total. The molecule has 0 amide bonds. The lowest BCUT2D eigenvalue weighted by Gasteiger charge is -2.44. The zero-order valence-electron chi connectivity index (χ0n) is 21.9. The van der Waals surface area contributed by atoms with Crippen molar-refractivity contribution in [1.82, 2.24) is 19.9 Å². The fourth-order valence-corrected chi connectivity index (χ4v) is 4.56. The third-order valence-corrected chi connectivity index (χ3v) is 5.99. The molecular weight excluding hydrogens is 508 g/mol. The molecule has 38 heavy (non-hydrogen) atoms. The lowest BCUT2D eigenvalue weighted by molar-refractivity contribution is -0.270. The molecule has 6 atom stereocenters. The maximum Gasteiger partial charge on any atom is 0.323 e. The summed E-state index contributed by atoms with van der Waals surface area (Å²) in [6.45, 7) is 5.21. The van der Waals surface area contributed by atoms with Crippen molar-refractivity contribution in [3.05, 3.63) is 11.9 Å². The van der Waals surface area contributed by atoms with Gasteiger partial charge in [-0.05, 0) is 19.4 Å². The normalized spacial score (nSPS) is 27.3. The second-order valence-corrected chi connectivity index (χ2v) is 8.93. The highest BCUT2D eigenvalue weighted by atomic mass is 16.7. The van der Waals surface area contributed by atoms with Crippen molar-refractivity contribution in [1.29, 1.82) is 0 Å². The first-order valence-corrected chi connectivity index (χ1v) is 12.0. The molecule has 0 saturated carbocycles. The van der Waals surface area contributed by atoms with Gasteiger partial charge in [0.1, 0.15) is 18.8 Å². The summed E-state index contributed by atoms with van der Waals surface area (Å²) in [6.07, 6.45) is -3.22. The van der Waals surface area contributed by atoms with E-state index < -0.39 is 60.6 Å². The van der Waals surface area contributed by atoms with E-state index in [2.05, 4.69) is 10.3 Å². The number of methoxy groups -OCH3 is 1. The average Bonchev–Trinajstić information content (AvgIpc) is 3.49. The van der Waals surface area contributed by atoms with Crippen LogP contribution >= 0.6 is 0 Å². The van der Waals surface area contributed by atoms with Crippen molar-refractivity contribution in [2.75, 3.05) is 20.3 Å². The molecule has 1 aromatic heterocycles. The van der Waals surface area contributed by atoms with E-state index in [0.29, 0.717) is 18.7 Å². The Labute approximate surface area is 218 Å². The van der Waals surface area contributed by atoms with Gasteiger partial charge in [-0.1, -0.05) is 5.21 Å². The molecule has 2 aliphatic heterocycles. The fourth-order valence-electron chi connectivity index (χ4n) is 4.56. The van der Waals surface area contributed by atoms with Gasteiger partial charge < -0.3 is 28.4 Å². The van der Waals surface area contributed by atoms with Crippen LogP contribution in [0.1, 0.15) is 52.5 Å². The van der Waals surface area contributed by atoms with Gasteiger partial charge in [0, 0.05) is 34.2 Å². The third kappa shape index (κ3) is 7.25. The Kier molecular flexibility index (Phi) is 9.74. The van der Waals surface area contributed by atoms with Crippen molar-refractivity contribution < 1.29 is 52.4 Å². The number of likely N-dealkylation sites (tertiary alicyclic amines) is 1. The molecule has 2 saturated heterocycles. The highest BCUT2D eigenvalue weighted by molar-refractivity contribution is 5.76. The standard InChI is InChI=1S/C23H32N4O11/c1-12(28)34-11-18-19(35-13(2)29)20(36-14(3)30)21(37-15(4)31)22(38-18)27-10-16(24-25-27)9-26-8-6-7-17(26)23(32)33-5/h10,17-22H,6-9,11H2,1-5H3/t17-,18-,19-,20+,21-,22-/m1/s1. The van der Waals surface area contributed by atoms with Crippen LogP contribution in [-0.2, 0) is 58.9 Å². The van der Waals surface area contributed by atoms with E-state index in [1.807, 2.05) is 4.90 Å². The Bertz CT molecular complexity index is 1040. The van der Waals surface area contributed by atoms with Gasteiger partial charge in [-0.25, -0.2) is 4.68 Å². The topological polar surface area (TPSA) is 175 Å². The zero-order chi connectivity index (χ0) is 28.0. The number of aromatic nitrogens is 3. The average molecular weight is 541 g/mol. The smallest absolute Gasteiger partial charge is 0.323 e. The van der Waals surface area contributed by atoms with Gasteiger partial charge in [0.15, 0.2) is 24.5 Å². The molecule has 0 unspecified atom stereocenters. The molecule has 0 N–H and O–H groups in total. The van der Waals surface area contributed by atoms with E-state index >= 15 is 0 Å². The Balaban J connectivity index is 1.94. The summed E-state index contributed by atoms with van der Waals surface area (Å²) in [4.78, 5) is 61.4. The molecule has 0 spiro atoms. The molecule has 2 fully saturated rings. The van der Waals surface area contributed by atoms with E-state index in [0.717, 1.165) is 27.2 Å². The number of hydrogen-bond acceptors (Lipinski definition) is 14. The van der Waals surface area contributed by atoms with Crippen LogP contribution in [0.15, 0.2) is 6.20 Å². The summed E-state index contributed by atoms with van der Waals surface area (Å²) in [5.74, 6) is -3.14. The van der Waals surface area contributed by atoms with Crippen LogP contribution in [0.5, 0.6) is 0 Å². The van der Waals surface area contributed by atoms with Gasteiger partial charge in [0.25, 0.3) is 0 Å². The minimum absolute atomic E-state index is 0.283. The van der Waals surface area contributed by atoms with Crippen molar-refractivity contribution in [2.45, 2.75) is 83.8 Å². The molecule has 15 heteroatoms. The summed E-state index contributed by atoms with van der Waals surface area (Å²) in [7, 11) is 1.33. The highest BCUT2D eigenvalue weighted by Gasteiger charge is 2.53. The number of nitrogens with zero attached hydrogens (tertiary/aromatic N) is 4. The van der Waals surface area contributed by atoms with Gasteiger partial charge in [0.2, 0.25) is 0 Å². The molecule has 0 radical (unpaired) electrons. The second kappa shape index (κ2) is 12.8. The molecule has 210 valence electrons. The molecule has 0 aliphatic carbocycles. The third-order valence-electron chi connectivity index (χ3n) is 5.99. The number of rotatable bonds is 9. The Morgan fingerprint density at radius 3 is 2.18 bits per heavy atom. The maximum atomic E-state index is 12.1. The highest BCUT2D eigenvalue weighted by Crippen LogP contribution is 2.34. The van der Waals surface area contributed by atoms with Gasteiger partial charge in [-0.15, -0.1) is 5.10 Å². The first-order valence-electron chi connectivity index (χ1n) is 12.0. The van der Waals surface area contributed by atoms with Gasteiger partial charge in [0.05, 0.1) is 19.0 Å². The molecule has 0 aromatic carbocycles. The van der Waals surface area contributed by atoms with E-state index in [1.165, 1.54) is 24.9 Å². The summed E-state index contributed by atoms with van der Waals surface area (Å²) >= 11 is 0. The van der Waals surface area contributed by atoms with E-state index in [1.54, 1.807) is 0 Å². The monoisotopic (exact) mass is 540 g/mol. The molecular formula is C23H32N4O11. The summed E-state index contributed by atoms with van der Waals surface area (Å²) in [5.41, 5.74) is 0.480. The molecule has 3 heterocycles. The first-order chi connectivity index (χ1) is 18.0. The van der Waals surface area contributed by atoms with Gasteiger partial charge in [-0.3, -0.25) is 28.9 Å². The minimum atomic E-state index is -1.32. The largest absolute Gasteiger partial charge is 0.468 e. The molecule has 1 aromatic rings. The fraction of sp³-hybridized carbons (Fsp3) is 0.696. The van der Waals surface area contributed by atoms with Crippen LogP contribution in [0.2, 0.25) is 0 Å². The van der Waals surface area contributed by atoms with Crippen LogP contribution in [0.3, 0.4) is 0 Å².